The van der Waals surface area contributed by atoms with Gasteiger partial charge in [0.05, 0.1) is 19.8 Å². The Bertz CT molecular complexity index is 493. The number of nitrogens with zero attached hydrogens (tertiary/aromatic N) is 1. The van der Waals surface area contributed by atoms with Crippen LogP contribution in [0, 0.1) is 6.92 Å². The largest absolute Gasteiger partial charge is 0.494 e. The Kier molecular flexibility index (Phi) is 7.36. The van der Waals surface area contributed by atoms with E-state index in [0.717, 1.165) is 38.0 Å². The van der Waals surface area contributed by atoms with Gasteiger partial charge < -0.3 is 15.2 Å². The lowest BCUT2D eigenvalue weighted by molar-refractivity contribution is -0.123. The molecule has 1 atom stereocenters. The number of piperidine rings is 1. The molecule has 0 unspecified atom stereocenters. The summed E-state index contributed by atoms with van der Waals surface area (Å²) in [6.45, 7) is 4.65. The number of nitrogens with one attached hydrogen (secondary N) is 1. The van der Waals surface area contributed by atoms with E-state index in [1.807, 2.05) is 31.2 Å². The second kappa shape index (κ2) is 9.53. The maximum atomic E-state index is 12.0. The molecule has 1 aromatic rings. The van der Waals surface area contributed by atoms with Gasteiger partial charge in [-0.15, -0.1) is 0 Å². The molecular weight excluding hydrogens is 292 g/mol. The Morgan fingerprint density at radius 1 is 1.43 bits per heavy atom. The Hall–Kier alpha value is -1.59. The van der Waals surface area contributed by atoms with Crippen molar-refractivity contribution < 1.29 is 14.6 Å². The van der Waals surface area contributed by atoms with Crippen LogP contribution in [0.3, 0.4) is 0 Å². The third-order valence-electron chi connectivity index (χ3n) is 4.21. The lowest BCUT2D eigenvalue weighted by atomic mass is 10.0. The average Bonchev–Trinajstić information content (AvgIpc) is 2.55. The maximum Gasteiger partial charge on any atom is 0.234 e. The van der Waals surface area contributed by atoms with E-state index in [1.54, 1.807) is 0 Å². The molecule has 2 rings (SSSR count). The van der Waals surface area contributed by atoms with E-state index in [1.165, 1.54) is 5.56 Å². The van der Waals surface area contributed by atoms with E-state index < -0.39 is 0 Å². The first kappa shape index (κ1) is 17.8. The molecule has 1 saturated heterocycles. The summed E-state index contributed by atoms with van der Waals surface area (Å²) in [6, 6.07) is 8.09. The molecule has 5 nitrogen and oxygen atoms in total. The number of benzene rings is 1. The fraction of sp³-hybridized carbons (Fsp3) is 0.611. The van der Waals surface area contributed by atoms with Gasteiger partial charge in [-0.2, -0.15) is 0 Å². The van der Waals surface area contributed by atoms with Crippen molar-refractivity contribution in [2.24, 2.45) is 0 Å². The fourth-order valence-corrected chi connectivity index (χ4v) is 2.91. The van der Waals surface area contributed by atoms with Crippen LogP contribution in [0.2, 0.25) is 0 Å². The third kappa shape index (κ3) is 6.20. The van der Waals surface area contributed by atoms with Crippen LogP contribution < -0.4 is 10.1 Å². The lowest BCUT2D eigenvalue weighted by Gasteiger charge is -2.33. The average molecular weight is 320 g/mol. The molecule has 1 amide bonds. The number of rotatable bonds is 8. The lowest BCUT2D eigenvalue weighted by Crippen LogP contribution is -2.47. The molecule has 1 aliphatic heterocycles. The summed E-state index contributed by atoms with van der Waals surface area (Å²) in [5, 5.41) is 12.3. The predicted octanol–water partition coefficient (Wildman–Crippen LogP) is 1.73. The summed E-state index contributed by atoms with van der Waals surface area (Å²) >= 11 is 0. The van der Waals surface area contributed by atoms with Crippen LogP contribution in [-0.2, 0) is 4.79 Å². The van der Waals surface area contributed by atoms with Crippen molar-refractivity contribution in [3.05, 3.63) is 29.8 Å². The van der Waals surface area contributed by atoms with E-state index in [9.17, 15) is 9.90 Å². The van der Waals surface area contributed by atoms with Crippen LogP contribution >= 0.6 is 0 Å². The zero-order chi connectivity index (χ0) is 16.5. The molecule has 0 radical (unpaired) electrons. The molecule has 1 fully saturated rings. The molecule has 2 N–H and O–H groups in total. The Balaban J connectivity index is 1.59. The van der Waals surface area contributed by atoms with E-state index in [0.29, 0.717) is 19.7 Å². The fourth-order valence-electron chi connectivity index (χ4n) is 2.91. The summed E-state index contributed by atoms with van der Waals surface area (Å²) in [7, 11) is 0. The molecule has 0 bridgehead atoms. The van der Waals surface area contributed by atoms with Crippen LogP contribution in [-0.4, -0.2) is 54.8 Å². The van der Waals surface area contributed by atoms with Crippen LogP contribution in [0.25, 0.3) is 0 Å². The molecule has 1 aromatic carbocycles. The first-order valence-corrected chi connectivity index (χ1v) is 8.50. The number of aliphatic hydroxyl groups excluding tert-OH is 1. The molecule has 0 saturated carbocycles. The van der Waals surface area contributed by atoms with E-state index in [4.69, 9.17) is 4.74 Å². The van der Waals surface area contributed by atoms with Gasteiger partial charge >= 0.3 is 0 Å². The molecule has 1 aliphatic rings. The first-order chi connectivity index (χ1) is 11.2. The number of hydrogen-bond donors (Lipinski definition) is 2. The van der Waals surface area contributed by atoms with Gasteiger partial charge in [0.15, 0.2) is 0 Å². The Labute approximate surface area is 138 Å². The van der Waals surface area contributed by atoms with Gasteiger partial charge in [0, 0.05) is 12.6 Å². The number of ether oxygens (including phenoxy) is 1. The second-order valence-electron chi connectivity index (χ2n) is 6.17. The molecule has 0 spiro atoms. The Morgan fingerprint density at radius 3 is 3.09 bits per heavy atom. The van der Waals surface area contributed by atoms with Crippen molar-refractivity contribution in [3.8, 4) is 5.75 Å². The van der Waals surface area contributed by atoms with Gasteiger partial charge in [-0.05, 0) is 50.4 Å². The number of amides is 1. The number of carbonyl (C=O) groups excluding carboxylic acids is 1. The SMILES string of the molecule is Cc1cccc(OCCCNC(=O)CN2CCCC[C@@H]2CO)c1. The van der Waals surface area contributed by atoms with Crippen LogP contribution in [0.1, 0.15) is 31.2 Å². The number of aliphatic hydroxyl groups is 1. The van der Waals surface area contributed by atoms with Crippen molar-refractivity contribution in [2.45, 2.75) is 38.6 Å². The molecule has 0 aliphatic carbocycles. The van der Waals surface area contributed by atoms with E-state index in [-0.39, 0.29) is 18.6 Å². The summed E-state index contributed by atoms with van der Waals surface area (Å²) in [4.78, 5) is 14.1. The summed E-state index contributed by atoms with van der Waals surface area (Å²) in [5.41, 5.74) is 1.18. The highest BCUT2D eigenvalue weighted by atomic mass is 16.5. The summed E-state index contributed by atoms with van der Waals surface area (Å²) < 4.78 is 5.66. The quantitative estimate of drug-likeness (QED) is 0.716. The van der Waals surface area contributed by atoms with Gasteiger partial charge in [0.25, 0.3) is 0 Å². The maximum absolute atomic E-state index is 12.0. The molecule has 128 valence electrons. The van der Waals surface area contributed by atoms with Crippen molar-refractivity contribution in [1.82, 2.24) is 10.2 Å². The highest BCUT2D eigenvalue weighted by Gasteiger charge is 2.23. The van der Waals surface area contributed by atoms with Crippen molar-refractivity contribution >= 4 is 5.91 Å². The van der Waals surface area contributed by atoms with Gasteiger partial charge in [0.1, 0.15) is 5.75 Å². The molecule has 0 aromatic heterocycles. The molecule has 5 heteroatoms. The van der Waals surface area contributed by atoms with Crippen molar-refractivity contribution in [2.75, 3.05) is 32.8 Å². The summed E-state index contributed by atoms with van der Waals surface area (Å²) in [5.74, 6) is 0.899. The molecular formula is C18H28N2O3. The highest BCUT2D eigenvalue weighted by molar-refractivity contribution is 5.78. The zero-order valence-corrected chi connectivity index (χ0v) is 14.0. The zero-order valence-electron chi connectivity index (χ0n) is 14.0. The van der Waals surface area contributed by atoms with Crippen LogP contribution in [0.5, 0.6) is 5.75 Å². The third-order valence-corrected chi connectivity index (χ3v) is 4.21. The van der Waals surface area contributed by atoms with Gasteiger partial charge in [-0.1, -0.05) is 18.6 Å². The Morgan fingerprint density at radius 2 is 2.30 bits per heavy atom. The van der Waals surface area contributed by atoms with E-state index in [2.05, 4.69) is 10.2 Å². The number of aryl methyl sites for hydroxylation is 1. The number of carbonyl (C=O) groups is 1. The smallest absolute Gasteiger partial charge is 0.234 e. The minimum absolute atomic E-state index is 0.0286. The van der Waals surface area contributed by atoms with Crippen molar-refractivity contribution in [1.29, 1.82) is 0 Å². The topological polar surface area (TPSA) is 61.8 Å². The molecule has 1 heterocycles. The number of likely N-dealkylation sites (tertiary alicyclic amines) is 1. The minimum atomic E-state index is 0.0286. The normalized spacial score (nSPS) is 18.6. The summed E-state index contributed by atoms with van der Waals surface area (Å²) in [6.07, 6.45) is 4.00. The monoisotopic (exact) mass is 320 g/mol. The molecule has 23 heavy (non-hydrogen) atoms. The van der Waals surface area contributed by atoms with Crippen molar-refractivity contribution in [3.63, 3.8) is 0 Å². The standard InChI is InChI=1S/C18H28N2O3/c1-15-6-4-8-17(12-15)23-11-5-9-19-18(22)13-20-10-3-2-7-16(20)14-21/h4,6,8,12,16,21H,2-3,5,7,9-11,13-14H2,1H3,(H,19,22)/t16-/m1/s1. The van der Waals surface area contributed by atoms with Gasteiger partial charge in [-0.3, -0.25) is 9.69 Å². The minimum Gasteiger partial charge on any atom is -0.494 e. The van der Waals surface area contributed by atoms with Gasteiger partial charge in [-0.25, -0.2) is 0 Å². The van der Waals surface area contributed by atoms with E-state index >= 15 is 0 Å². The van der Waals surface area contributed by atoms with Gasteiger partial charge in [0.2, 0.25) is 5.91 Å². The number of hydrogen-bond acceptors (Lipinski definition) is 4. The first-order valence-electron chi connectivity index (χ1n) is 8.50. The second-order valence-corrected chi connectivity index (χ2v) is 6.17. The van der Waals surface area contributed by atoms with Crippen LogP contribution in [0.15, 0.2) is 24.3 Å². The highest BCUT2D eigenvalue weighted by Crippen LogP contribution is 2.16. The predicted molar refractivity (Wildman–Crippen MR) is 90.6 cm³/mol. The van der Waals surface area contributed by atoms with Crippen LogP contribution in [0.4, 0.5) is 0 Å².